The predicted molar refractivity (Wildman–Crippen MR) is 229 cm³/mol. The average Bonchev–Trinajstić information content (AvgIpc) is 3.81. The Bertz CT molecular complexity index is 1580. The minimum atomic E-state index is -0.186. The minimum Gasteiger partial charge on any atom is -0.365 e. The van der Waals surface area contributed by atoms with Crippen LogP contribution in [0.1, 0.15) is 144 Å². The third kappa shape index (κ3) is 8.99. The molecule has 0 bridgehead atoms. The van der Waals surface area contributed by atoms with Gasteiger partial charge in [0.15, 0.2) is 5.78 Å². The van der Waals surface area contributed by atoms with E-state index < -0.39 is 0 Å². The molecule has 0 aromatic heterocycles. The summed E-state index contributed by atoms with van der Waals surface area (Å²) in [6, 6.07) is 0.616. The first kappa shape index (κ1) is 42.9. The van der Waals surface area contributed by atoms with Gasteiger partial charge < -0.3 is 20.7 Å². The number of amides is 3. The van der Waals surface area contributed by atoms with E-state index >= 15 is 0 Å². The minimum absolute atomic E-state index is 0.0432. The number of likely N-dealkylation sites (tertiary alicyclic amines) is 1. The van der Waals surface area contributed by atoms with E-state index in [4.69, 9.17) is 4.74 Å². The second-order valence-corrected chi connectivity index (χ2v) is 21.1. The molecule has 318 valence electrons. The van der Waals surface area contributed by atoms with Crippen LogP contribution in [0.2, 0.25) is 0 Å². The zero-order valence-corrected chi connectivity index (χ0v) is 36.9. The maximum atomic E-state index is 12.9. The van der Waals surface area contributed by atoms with Gasteiger partial charge in [-0.15, -0.1) is 0 Å². The van der Waals surface area contributed by atoms with Gasteiger partial charge in [0.2, 0.25) is 17.7 Å². The van der Waals surface area contributed by atoms with E-state index in [1.165, 1.54) is 24.8 Å². The lowest BCUT2D eigenvalue weighted by Crippen LogP contribution is -2.54. The topological polar surface area (TPSA) is 117 Å². The first-order chi connectivity index (χ1) is 27.3. The highest BCUT2D eigenvalue weighted by Crippen LogP contribution is 2.65. The molecule has 0 aromatic rings. The molecule has 4 aliphatic carbocycles. The molecule has 9 nitrogen and oxygen atoms in total. The normalized spacial score (nSPS) is 38.6. The third-order valence-corrected chi connectivity index (χ3v) is 17.9. The lowest BCUT2D eigenvalue weighted by molar-refractivity contribution is -0.122. The van der Waals surface area contributed by atoms with Crippen LogP contribution < -0.4 is 16.0 Å². The van der Waals surface area contributed by atoms with Gasteiger partial charge in [-0.05, 0) is 130 Å². The van der Waals surface area contributed by atoms with Crippen LogP contribution in [0.25, 0.3) is 0 Å². The van der Waals surface area contributed by atoms with Crippen molar-refractivity contribution in [2.45, 2.75) is 173 Å². The van der Waals surface area contributed by atoms with E-state index in [2.05, 4.69) is 55.5 Å². The lowest BCUT2D eigenvalue weighted by atomic mass is 9.56. The van der Waals surface area contributed by atoms with Crippen molar-refractivity contribution in [2.75, 3.05) is 31.9 Å². The molecule has 3 heterocycles. The number of carbonyl (C=O) groups excluding carboxylic acids is 4. The molecule has 3 N–H and O–H groups in total. The summed E-state index contributed by atoms with van der Waals surface area (Å²) in [5.41, 5.74) is 4.67. The molecule has 3 aliphatic heterocycles. The lowest BCUT2D eigenvalue weighted by Gasteiger charge is -2.48. The largest absolute Gasteiger partial charge is 0.365 e. The highest BCUT2D eigenvalue weighted by atomic mass is 32.2. The molecule has 3 amide bonds. The number of hydrogen-bond acceptors (Lipinski definition) is 7. The van der Waals surface area contributed by atoms with Crippen LogP contribution in [-0.4, -0.2) is 89.4 Å². The van der Waals surface area contributed by atoms with Crippen LogP contribution in [-0.2, 0) is 23.9 Å². The van der Waals surface area contributed by atoms with Crippen LogP contribution in [0, 0.1) is 40.9 Å². The summed E-state index contributed by atoms with van der Waals surface area (Å²) in [5.74, 6) is 5.23. The molecule has 57 heavy (non-hydrogen) atoms. The van der Waals surface area contributed by atoms with E-state index in [0.717, 1.165) is 89.0 Å². The first-order valence-electron chi connectivity index (χ1n) is 23.1. The first-order valence-corrected chi connectivity index (χ1v) is 24.1. The van der Waals surface area contributed by atoms with Crippen molar-refractivity contribution in [3.05, 3.63) is 22.8 Å². The van der Waals surface area contributed by atoms with E-state index in [-0.39, 0.29) is 40.9 Å². The van der Waals surface area contributed by atoms with E-state index in [1.807, 2.05) is 17.8 Å². The quantitative estimate of drug-likeness (QED) is 0.116. The summed E-state index contributed by atoms with van der Waals surface area (Å²) in [7, 11) is 0. The number of fused-ring (bicyclic) bond motifs is 6. The van der Waals surface area contributed by atoms with Crippen LogP contribution in [0.3, 0.4) is 0 Å². The molecular weight excluding hydrogens is 733 g/mol. The molecule has 3 saturated heterocycles. The van der Waals surface area contributed by atoms with Crippen molar-refractivity contribution >= 4 is 35.3 Å². The van der Waals surface area contributed by atoms with Crippen molar-refractivity contribution in [3.8, 4) is 0 Å². The number of thioether (sulfide) groups is 1. The van der Waals surface area contributed by atoms with Crippen LogP contribution >= 0.6 is 11.8 Å². The molecule has 2 unspecified atom stereocenters. The van der Waals surface area contributed by atoms with Gasteiger partial charge in [-0.1, -0.05) is 51.7 Å². The van der Waals surface area contributed by atoms with Crippen molar-refractivity contribution in [1.29, 1.82) is 0 Å². The van der Waals surface area contributed by atoms with Gasteiger partial charge in [0.25, 0.3) is 0 Å². The maximum absolute atomic E-state index is 12.9. The molecule has 0 radical (unpaired) electrons. The average molecular weight is 807 g/mol. The van der Waals surface area contributed by atoms with E-state index in [9.17, 15) is 19.2 Å². The Morgan fingerprint density at radius 1 is 0.965 bits per heavy atom. The molecule has 7 aliphatic rings. The molecular formula is C47H74N4O5S. The Balaban J connectivity index is 0.813. The van der Waals surface area contributed by atoms with Crippen molar-refractivity contribution in [1.82, 2.24) is 20.9 Å². The van der Waals surface area contributed by atoms with Gasteiger partial charge in [0.1, 0.15) is 0 Å². The van der Waals surface area contributed by atoms with Gasteiger partial charge in [-0.25, -0.2) is 0 Å². The van der Waals surface area contributed by atoms with Crippen LogP contribution in [0.4, 0.5) is 0 Å². The fourth-order valence-electron chi connectivity index (χ4n) is 13.2. The zero-order chi connectivity index (χ0) is 40.5. The van der Waals surface area contributed by atoms with E-state index in [0.29, 0.717) is 79.0 Å². The Kier molecular flexibility index (Phi) is 13.7. The van der Waals surface area contributed by atoms with Gasteiger partial charge in [-0.2, -0.15) is 11.8 Å². The number of hydrogen-bond donors (Lipinski definition) is 3. The number of carbonyl (C=O) groups is 4. The van der Waals surface area contributed by atoms with E-state index in [1.54, 1.807) is 18.1 Å². The molecule has 5 fully saturated rings. The Hall–Kier alpha value is -2.17. The molecule has 10 heteroatoms. The molecule has 2 saturated carbocycles. The van der Waals surface area contributed by atoms with Crippen molar-refractivity contribution in [2.24, 2.45) is 40.9 Å². The number of ether oxygens (including phenoxy) is 1. The number of ketones is 1. The Labute approximate surface area is 347 Å². The summed E-state index contributed by atoms with van der Waals surface area (Å²) in [6.45, 7) is 16.7. The molecule has 12 atom stereocenters. The number of allylic oxidation sites excluding steroid dienone is 3. The van der Waals surface area contributed by atoms with Crippen molar-refractivity contribution < 1.29 is 23.9 Å². The summed E-state index contributed by atoms with van der Waals surface area (Å²) in [6.07, 6.45) is 17.6. The fourth-order valence-corrected chi connectivity index (χ4v) is 14.8. The number of nitrogens with zero attached hydrogens (tertiary/aromatic N) is 1. The van der Waals surface area contributed by atoms with Gasteiger partial charge in [0.05, 0.1) is 11.7 Å². The zero-order valence-electron chi connectivity index (χ0n) is 36.1. The second kappa shape index (κ2) is 18.2. The summed E-state index contributed by atoms with van der Waals surface area (Å²) in [4.78, 5) is 51.9. The summed E-state index contributed by atoms with van der Waals surface area (Å²) < 4.78 is 7.33. The number of piperidine rings is 1. The predicted octanol–water partition coefficient (Wildman–Crippen LogP) is 7.53. The fraction of sp³-hybridized carbons (Fsp3) is 0.830. The highest BCUT2D eigenvalue weighted by Gasteiger charge is 2.61. The summed E-state index contributed by atoms with van der Waals surface area (Å²) >= 11 is 1.95. The molecule has 1 spiro atoms. The molecule has 0 aromatic carbocycles. The highest BCUT2D eigenvalue weighted by molar-refractivity contribution is 8.00. The Morgan fingerprint density at radius 3 is 2.49 bits per heavy atom. The summed E-state index contributed by atoms with van der Waals surface area (Å²) in [5, 5.41) is 9.87. The van der Waals surface area contributed by atoms with Gasteiger partial charge in [-0.3, -0.25) is 24.1 Å². The van der Waals surface area contributed by atoms with Crippen LogP contribution in [0.5, 0.6) is 0 Å². The van der Waals surface area contributed by atoms with Gasteiger partial charge >= 0.3 is 0 Å². The smallest absolute Gasteiger partial charge is 0.220 e. The number of nitrogens with one attached hydrogen (secondary N) is 3. The maximum Gasteiger partial charge on any atom is 0.220 e. The number of unbranched alkanes of at least 4 members (excludes halogenated alkanes) is 3. The second-order valence-electron chi connectivity index (χ2n) is 19.9. The standard InChI is InChI=1S/C47H74N4O5S/c1-29-24-40-45(32(4)47(56-40)20-18-36-37-16-15-34-25-35(53)17-19-46(34,6)39(37)26-38(36)31(47)3)51(27-29)23-22-49-43(55)13-8-7-11-21-48-42(54)14-10-9-12-41-44(50-33(5)52)30(2)28-57-41/h25,29-30,32,36-37,39-41,44-45H,7-24,26-28H2,1-6H3,(H,48,54)(H,49,55)(H,50,52)/t29-,30-,32+,36-,37-,39-,40+,41?,44-,45-,46-,47?/m0/s1. The van der Waals surface area contributed by atoms with Crippen molar-refractivity contribution in [3.63, 3.8) is 0 Å². The SMILES string of the molecule is CC(=O)N[C@@H]1C(CCCCC(=O)NCCCCCC(=O)NCCN2C[C@@H](C)C[C@H]3OC4(CC[C@@H]5C(=C4C)C[C@H]4[C@H]5CCC5=CC(=O)CC[C@@]54C)[C@H](C)[C@@H]32)SC[C@@H]1C. The third-order valence-electron chi connectivity index (χ3n) is 16.2. The van der Waals surface area contributed by atoms with Gasteiger partial charge in [0, 0.05) is 75.6 Å². The monoisotopic (exact) mass is 807 g/mol. The number of rotatable bonds is 15. The Morgan fingerprint density at radius 2 is 1.72 bits per heavy atom. The molecule has 7 rings (SSSR count). The van der Waals surface area contributed by atoms with Crippen LogP contribution in [0.15, 0.2) is 22.8 Å².